The summed E-state index contributed by atoms with van der Waals surface area (Å²) >= 11 is 0. The number of carboxylic acids is 1. The van der Waals surface area contributed by atoms with Gasteiger partial charge in [0.2, 0.25) is 5.91 Å². The number of fused-ring (bicyclic) bond motifs is 1. The molecule has 2 fully saturated rings. The van der Waals surface area contributed by atoms with E-state index in [1.165, 1.54) is 6.42 Å². The number of benzene rings is 1. The highest BCUT2D eigenvalue weighted by molar-refractivity contribution is 6.16. The summed E-state index contributed by atoms with van der Waals surface area (Å²) in [6, 6.07) is 5.47. The first-order valence-corrected chi connectivity index (χ1v) is 12.2. The Morgan fingerprint density at radius 1 is 1.21 bits per heavy atom. The largest absolute Gasteiger partial charge is 0.480 e. The van der Waals surface area contributed by atoms with Crippen LogP contribution in [0.15, 0.2) is 22.7 Å². The molecule has 1 unspecified atom stereocenters. The zero-order valence-electron chi connectivity index (χ0n) is 19.6. The Morgan fingerprint density at radius 3 is 2.61 bits per heavy atom. The van der Waals surface area contributed by atoms with Crippen molar-refractivity contribution in [3.63, 3.8) is 0 Å². The number of amides is 1. The second-order valence-electron chi connectivity index (χ2n) is 10.5. The zero-order valence-corrected chi connectivity index (χ0v) is 19.6. The molecule has 1 aliphatic heterocycles. The van der Waals surface area contributed by atoms with Crippen molar-refractivity contribution in [3.8, 4) is 0 Å². The molecule has 33 heavy (non-hydrogen) atoms. The van der Waals surface area contributed by atoms with E-state index in [0.717, 1.165) is 65.6 Å². The van der Waals surface area contributed by atoms with Crippen LogP contribution in [0.2, 0.25) is 0 Å². The molecule has 2 N–H and O–H groups in total. The van der Waals surface area contributed by atoms with Gasteiger partial charge in [0.1, 0.15) is 11.5 Å². The maximum Gasteiger partial charge on any atom is 0.317 e. The second-order valence-corrected chi connectivity index (χ2v) is 10.5. The van der Waals surface area contributed by atoms with Gasteiger partial charge in [0.05, 0.1) is 24.0 Å². The molecule has 7 heteroatoms. The number of carbonyl (C=O) groups is 2. The molecule has 1 amide bonds. The van der Waals surface area contributed by atoms with Gasteiger partial charge < -0.3 is 9.63 Å². The summed E-state index contributed by atoms with van der Waals surface area (Å²) < 4.78 is 5.92. The molecule has 1 aromatic heterocycles. The van der Waals surface area contributed by atoms with Crippen molar-refractivity contribution in [3.05, 3.63) is 40.8 Å². The lowest BCUT2D eigenvalue weighted by atomic mass is 9.69. The first-order chi connectivity index (χ1) is 15.8. The lowest BCUT2D eigenvalue weighted by molar-refractivity contribution is -0.136. The summed E-state index contributed by atoms with van der Waals surface area (Å²) in [6.07, 6.45) is 5.83. The van der Waals surface area contributed by atoms with Crippen LogP contribution in [0.3, 0.4) is 0 Å². The minimum atomic E-state index is -0.953. The number of rotatable bonds is 10. The molecule has 3 aliphatic rings. The van der Waals surface area contributed by atoms with Crippen LogP contribution < -0.4 is 10.2 Å². The van der Waals surface area contributed by atoms with Gasteiger partial charge in [0.25, 0.3) is 0 Å². The van der Waals surface area contributed by atoms with Gasteiger partial charge in [-0.25, -0.2) is 0 Å². The highest BCUT2D eigenvalue weighted by Gasteiger charge is 2.43. The lowest BCUT2D eigenvalue weighted by Crippen LogP contribution is -2.32. The predicted octanol–water partition coefficient (Wildman–Crippen LogP) is 5.18. The highest BCUT2D eigenvalue weighted by Crippen LogP contribution is 2.53. The van der Waals surface area contributed by atoms with Gasteiger partial charge in [-0.05, 0) is 74.5 Å². The summed E-state index contributed by atoms with van der Waals surface area (Å²) in [6.45, 7) is 6.31. The maximum absolute atomic E-state index is 13.1. The van der Waals surface area contributed by atoms with E-state index < -0.39 is 12.0 Å². The Labute approximate surface area is 194 Å². The van der Waals surface area contributed by atoms with E-state index in [1.807, 2.05) is 25.1 Å². The minimum Gasteiger partial charge on any atom is -0.480 e. The number of hydrogen-bond donors (Lipinski definition) is 2. The summed E-state index contributed by atoms with van der Waals surface area (Å²) in [7, 11) is 0. The molecule has 176 valence electrons. The van der Waals surface area contributed by atoms with Crippen LogP contribution >= 0.6 is 0 Å². The van der Waals surface area contributed by atoms with Gasteiger partial charge in [-0.3, -0.25) is 19.8 Å². The van der Waals surface area contributed by atoms with E-state index in [9.17, 15) is 14.7 Å². The molecule has 5 rings (SSSR count). The molecule has 0 saturated heterocycles. The maximum atomic E-state index is 13.1. The summed E-state index contributed by atoms with van der Waals surface area (Å²) in [5.74, 6) is 2.22. The SMILES string of the molecule is Cc1ccc2c(c1)N2C(=O)CC(NCC(=O)O)c1noc(C2CC(CC(C)C)C2)c1C1CC1. The Morgan fingerprint density at radius 2 is 1.97 bits per heavy atom. The molecule has 1 aromatic carbocycles. The Kier molecular flexibility index (Phi) is 5.77. The summed E-state index contributed by atoms with van der Waals surface area (Å²) in [5, 5.41) is 16.8. The monoisotopic (exact) mass is 451 g/mol. The fraction of sp³-hybridized carbons (Fsp3) is 0.577. The number of nitrogens with one attached hydrogen (secondary N) is 1. The molecule has 1 atom stereocenters. The lowest BCUT2D eigenvalue weighted by Gasteiger charge is -2.35. The third-order valence-electron chi connectivity index (χ3n) is 7.20. The topological polar surface area (TPSA) is 95.4 Å². The summed E-state index contributed by atoms with van der Waals surface area (Å²) in [4.78, 5) is 26.1. The van der Waals surface area contributed by atoms with E-state index in [-0.39, 0.29) is 18.9 Å². The normalized spacial score (nSPS) is 22.1. The van der Waals surface area contributed by atoms with Crippen LogP contribution in [0.1, 0.15) is 92.8 Å². The zero-order chi connectivity index (χ0) is 23.3. The molecule has 2 heterocycles. The van der Waals surface area contributed by atoms with Gasteiger partial charge in [-0.15, -0.1) is 0 Å². The fourth-order valence-electron chi connectivity index (χ4n) is 5.43. The standard InChI is InChI=1S/C26H33N3O4/c1-14(2)8-16-10-18(11-16)26-24(17-5-6-17)25(28-33-26)19(27-13-23(31)32)12-22(30)29-20-7-4-15(3)9-21(20)29/h4,7,9,14,16-19,27H,5-6,8,10-13H2,1-3H3,(H,31,32). The fourth-order valence-corrected chi connectivity index (χ4v) is 5.43. The van der Waals surface area contributed by atoms with Crippen LogP contribution in [0.25, 0.3) is 0 Å². The van der Waals surface area contributed by atoms with Crippen molar-refractivity contribution < 1.29 is 19.2 Å². The van der Waals surface area contributed by atoms with Gasteiger partial charge >= 0.3 is 5.97 Å². The Bertz CT molecular complexity index is 1070. The molecule has 0 radical (unpaired) electrons. The van der Waals surface area contributed by atoms with Crippen LogP contribution in [-0.2, 0) is 9.59 Å². The summed E-state index contributed by atoms with van der Waals surface area (Å²) in [5.41, 5.74) is 4.84. The highest BCUT2D eigenvalue weighted by atomic mass is 16.5. The third-order valence-corrected chi connectivity index (χ3v) is 7.20. The molecule has 2 aromatic rings. The third kappa shape index (κ3) is 4.56. The minimum absolute atomic E-state index is 0.0505. The number of aryl methyl sites for hydroxylation is 1. The number of hydrogen-bond acceptors (Lipinski definition) is 5. The molecule has 0 spiro atoms. The number of anilines is 2. The number of carboxylic acid groups (broad SMARTS) is 1. The number of aromatic nitrogens is 1. The average Bonchev–Trinajstić information content (AvgIpc) is 3.64. The van der Waals surface area contributed by atoms with E-state index in [0.29, 0.717) is 17.8 Å². The first kappa shape index (κ1) is 22.1. The van der Waals surface area contributed by atoms with E-state index in [4.69, 9.17) is 4.52 Å². The Hall–Kier alpha value is -2.67. The van der Waals surface area contributed by atoms with E-state index >= 15 is 0 Å². The van der Waals surface area contributed by atoms with Crippen molar-refractivity contribution >= 4 is 23.3 Å². The molecule has 2 saturated carbocycles. The quantitative estimate of drug-likeness (QED) is 0.483. The average molecular weight is 452 g/mol. The van der Waals surface area contributed by atoms with Gasteiger partial charge in [-0.2, -0.15) is 0 Å². The van der Waals surface area contributed by atoms with Crippen molar-refractivity contribution in [2.45, 2.75) is 77.2 Å². The molecule has 7 nitrogen and oxygen atoms in total. The second kappa shape index (κ2) is 8.60. The molecular weight excluding hydrogens is 418 g/mol. The van der Waals surface area contributed by atoms with Gasteiger partial charge in [-0.1, -0.05) is 25.1 Å². The van der Waals surface area contributed by atoms with Crippen molar-refractivity contribution in [2.75, 3.05) is 11.4 Å². The number of nitrogens with zero attached hydrogens (tertiary/aromatic N) is 2. The molecule has 0 bridgehead atoms. The van der Waals surface area contributed by atoms with E-state index in [2.05, 4.69) is 24.3 Å². The van der Waals surface area contributed by atoms with Crippen LogP contribution in [-0.4, -0.2) is 28.7 Å². The van der Waals surface area contributed by atoms with Crippen molar-refractivity contribution in [1.29, 1.82) is 0 Å². The van der Waals surface area contributed by atoms with Crippen LogP contribution in [0.4, 0.5) is 11.4 Å². The smallest absolute Gasteiger partial charge is 0.317 e. The van der Waals surface area contributed by atoms with Gasteiger partial charge in [0.15, 0.2) is 0 Å². The van der Waals surface area contributed by atoms with E-state index in [1.54, 1.807) is 4.90 Å². The predicted molar refractivity (Wildman–Crippen MR) is 125 cm³/mol. The van der Waals surface area contributed by atoms with Crippen LogP contribution in [0, 0.1) is 18.8 Å². The van der Waals surface area contributed by atoms with Crippen molar-refractivity contribution in [2.24, 2.45) is 11.8 Å². The number of aliphatic carboxylic acids is 1. The molecule has 2 aliphatic carbocycles. The van der Waals surface area contributed by atoms with Crippen molar-refractivity contribution in [1.82, 2.24) is 10.5 Å². The first-order valence-electron chi connectivity index (χ1n) is 12.2. The number of carbonyl (C=O) groups excluding carboxylic acids is 1. The Balaban J connectivity index is 1.35. The molecular formula is C26H33N3O4. The van der Waals surface area contributed by atoms with Gasteiger partial charge in [0, 0.05) is 17.9 Å². The van der Waals surface area contributed by atoms with Crippen LogP contribution in [0.5, 0.6) is 0 Å².